The predicted molar refractivity (Wildman–Crippen MR) is 77.7 cm³/mol. The lowest BCUT2D eigenvalue weighted by Gasteiger charge is -2.40. The largest absolute Gasteiger partial charge is 0.464 e. The van der Waals surface area contributed by atoms with Gasteiger partial charge in [0.05, 0.1) is 12.6 Å². The van der Waals surface area contributed by atoms with Gasteiger partial charge >= 0.3 is 5.97 Å². The van der Waals surface area contributed by atoms with Crippen molar-refractivity contribution in [2.75, 3.05) is 38.5 Å². The van der Waals surface area contributed by atoms with Gasteiger partial charge in [0.2, 0.25) is 5.91 Å². The van der Waals surface area contributed by atoms with Crippen molar-refractivity contribution in [1.82, 2.24) is 9.80 Å². The van der Waals surface area contributed by atoms with Gasteiger partial charge in [-0.3, -0.25) is 19.3 Å². The van der Waals surface area contributed by atoms with Gasteiger partial charge in [-0.15, -0.1) is 0 Å². The van der Waals surface area contributed by atoms with Crippen molar-refractivity contribution in [2.45, 2.75) is 26.3 Å². The van der Waals surface area contributed by atoms with Crippen LogP contribution in [0, 0.1) is 0 Å². The molecule has 1 atom stereocenters. The Hall–Kier alpha value is -1.08. The number of piperazine rings is 1. The van der Waals surface area contributed by atoms with E-state index in [1.165, 1.54) is 13.8 Å². The van der Waals surface area contributed by atoms with Crippen molar-refractivity contribution in [2.24, 2.45) is 0 Å². The molecular formula is C13H22N2O4S. The first-order chi connectivity index (χ1) is 9.43. The summed E-state index contributed by atoms with van der Waals surface area (Å²) in [6.07, 6.45) is 0.399. The molecule has 0 saturated carbocycles. The van der Waals surface area contributed by atoms with E-state index in [4.69, 9.17) is 4.74 Å². The zero-order chi connectivity index (χ0) is 15.1. The van der Waals surface area contributed by atoms with E-state index in [-0.39, 0.29) is 30.3 Å². The average molecular weight is 302 g/mol. The summed E-state index contributed by atoms with van der Waals surface area (Å²) in [6.45, 7) is 5.09. The molecule has 6 nitrogen and oxygen atoms in total. The van der Waals surface area contributed by atoms with E-state index in [9.17, 15) is 14.4 Å². The molecule has 1 saturated heterocycles. The molecule has 20 heavy (non-hydrogen) atoms. The Kier molecular flexibility index (Phi) is 7.01. The number of ketones is 1. The first-order valence-electron chi connectivity index (χ1n) is 6.69. The maximum absolute atomic E-state index is 11.9. The Bertz CT molecular complexity index is 375. The highest BCUT2D eigenvalue weighted by Crippen LogP contribution is 2.12. The molecule has 1 heterocycles. The molecule has 0 aromatic carbocycles. The third kappa shape index (κ3) is 5.50. The van der Waals surface area contributed by atoms with Gasteiger partial charge in [-0.2, -0.15) is 12.6 Å². The number of Topliss-reactive ketones (excluding diaryl/α,β-unsaturated/α-hetero) is 1. The predicted octanol–water partition coefficient (Wildman–Crippen LogP) is -0.0288. The van der Waals surface area contributed by atoms with Gasteiger partial charge in [-0.1, -0.05) is 0 Å². The highest BCUT2D eigenvalue weighted by molar-refractivity contribution is 7.80. The highest BCUT2D eigenvalue weighted by Gasteiger charge is 2.30. The molecule has 0 aliphatic carbocycles. The molecule has 114 valence electrons. The van der Waals surface area contributed by atoms with Gasteiger partial charge in [-0.05, 0) is 12.7 Å². The molecule has 0 spiro atoms. The number of nitrogens with zero attached hydrogens (tertiary/aromatic N) is 2. The van der Waals surface area contributed by atoms with Crippen LogP contribution in [-0.2, 0) is 19.1 Å². The highest BCUT2D eigenvalue weighted by atomic mass is 32.1. The summed E-state index contributed by atoms with van der Waals surface area (Å²) in [4.78, 5) is 37.8. The summed E-state index contributed by atoms with van der Waals surface area (Å²) in [7, 11) is 0. The number of ether oxygens (including phenoxy) is 1. The van der Waals surface area contributed by atoms with E-state index >= 15 is 0 Å². The third-order valence-corrected chi connectivity index (χ3v) is 3.41. The fourth-order valence-corrected chi connectivity index (χ4v) is 2.43. The molecular weight excluding hydrogens is 280 g/mol. The van der Waals surface area contributed by atoms with Gasteiger partial charge < -0.3 is 9.64 Å². The lowest BCUT2D eigenvalue weighted by atomic mass is 10.1. The fraction of sp³-hybridized carbons (Fsp3) is 0.769. The van der Waals surface area contributed by atoms with Crippen LogP contribution in [-0.4, -0.2) is 72.0 Å². The minimum absolute atomic E-state index is 0.0512. The maximum Gasteiger partial charge on any atom is 0.302 e. The van der Waals surface area contributed by atoms with Crippen LogP contribution >= 0.6 is 12.6 Å². The summed E-state index contributed by atoms with van der Waals surface area (Å²) < 4.78 is 5.04. The number of hydrogen-bond donors (Lipinski definition) is 1. The molecule has 1 rings (SSSR count). The van der Waals surface area contributed by atoms with Gasteiger partial charge in [0.15, 0.2) is 0 Å². The number of rotatable bonds is 6. The van der Waals surface area contributed by atoms with Crippen LogP contribution in [0.15, 0.2) is 0 Å². The number of esters is 1. The van der Waals surface area contributed by atoms with Crippen LogP contribution in [0.3, 0.4) is 0 Å². The number of amides is 1. The minimum atomic E-state index is -0.355. The van der Waals surface area contributed by atoms with Crippen LogP contribution in [0.1, 0.15) is 20.3 Å². The Balaban J connectivity index is 2.64. The number of carbonyl (C=O) groups is 3. The second kappa shape index (κ2) is 8.26. The zero-order valence-corrected chi connectivity index (χ0v) is 12.9. The molecule has 1 aliphatic heterocycles. The van der Waals surface area contributed by atoms with E-state index in [2.05, 4.69) is 12.6 Å². The van der Waals surface area contributed by atoms with Crippen molar-refractivity contribution in [3.63, 3.8) is 0 Å². The van der Waals surface area contributed by atoms with E-state index in [0.717, 1.165) is 0 Å². The lowest BCUT2D eigenvalue weighted by molar-refractivity contribution is -0.144. The van der Waals surface area contributed by atoms with Crippen molar-refractivity contribution >= 4 is 30.3 Å². The third-order valence-electron chi connectivity index (χ3n) is 3.19. The smallest absolute Gasteiger partial charge is 0.302 e. The molecule has 1 amide bonds. The monoisotopic (exact) mass is 302 g/mol. The van der Waals surface area contributed by atoms with Gasteiger partial charge in [0.1, 0.15) is 12.4 Å². The fourth-order valence-electron chi connectivity index (χ4n) is 2.24. The molecule has 1 fully saturated rings. The van der Waals surface area contributed by atoms with Crippen LogP contribution in [0.4, 0.5) is 0 Å². The molecule has 0 bridgehead atoms. The molecule has 0 aromatic heterocycles. The normalized spacial score (nSPS) is 19.8. The zero-order valence-electron chi connectivity index (χ0n) is 12.0. The summed E-state index contributed by atoms with van der Waals surface area (Å²) in [5.41, 5.74) is 0. The quantitative estimate of drug-likeness (QED) is 0.551. The second-order valence-electron chi connectivity index (χ2n) is 4.94. The average Bonchev–Trinajstić information content (AvgIpc) is 2.37. The summed E-state index contributed by atoms with van der Waals surface area (Å²) in [5.74, 6) is 0.274. The Morgan fingerprint density at radius 3 is 2.50 bits per heavy atom. The summed E-state index contributed by atoms with van der Waals surface area (Å²) in [5, 5.41) is 0. The summed E-state index contributed by atoms with van der Waals surface area (Å²) in [6, 6.07) is -0.125. The number of carbonyl (C=O) groups excluding carboxylic acids is 3. The number of hydrogen-bond acceptors (Lipinski definition) is 6. The van der Waals surface area contributed by atoms with Gasteiger partial charge in [0, 0.05) is 33.0 Å². The van der Waals surface area contributed by atoms with Gasteiger partial charge in [0.25, 0.3) is 0 Å². The molecule has 0 radical (unpaired) electrons. The van der Waals surface area contributed by atoms with Crippen LogP contribution in [0.25, 0.3) is 0 Å². The standard InChI is InChI=1S/C13H22N2O4S/c1-10(16)7-14-4-5-15(13(18)3-6-20)8-12(14)9-19-11(2)17/h12,20H,3-9H2,1-2H3. The SMILES string of the molecule is CC(=O)CN1CCN(C(=O)CCS)CC1COC(C)=O. The number of thiol groups is 1. The van der Waals surface area contributed by atoms with Gasteiger partial charge in [-0.25, -0.2) is 0 Å². The summed E-state index contributed by atoms with van der Waals surface area (Å²) >= 11 is 4.06. The lowest BCUT2D eigenvalue weighted by Crippen LogP contribution is -2.57. The van der Waals surface area contributed by atoms with Crippen LogP contribution in [0.5, 0.6) is 0 Å². The van der Waals surface area contributed by atoms with E-state index < -0.39 is 0 Å². The first-order valence-corrected chi connectivity index (χ1v) is 7.32. The van der Waals surface area contributed by atoms with Crippen molar-refractivity contribution in [3.05, 3.63) is 0 Å². The molecule has 7 heteroatoms. The van der Waals surface area contributed by atoms with Crippen LogP contribution in [0.2, 0.25) is 0 Å². The van der Waals surface area contributed by atoms with Crippen molar-refractivity contribution in [3.8, 4) is 0 Å². The maximum atomic E-state index is 11.9. The Morgan fingerprint density at radius 2 is 1.95 bits per heavy atom. The minimum Gasteiger partial charge on any atom is -0.464 e. The molecule has 0 N–H and O–H groups in total. The van der Waals surface area contributed by atoms with Crippen molar-refractivity contribution in [1.29, 1.82) is 0 Å². The van der Waals surface area contributed by atoms with Crippen LogP contribution < -0.4 is 0 Å². The molecule has 1 unspecified atom stereocenters. The van der Waals surface area contributed by atoms with E-state index in [1.807, 2.05) is 4.90 Å². The first kappa shape index (κ1) is 17.0. The topological polar surface area (TPSA) is 66.9 Å². The Labute approximate surface area is 124 Å². The van der Waals surface area contributed by atoms with Crippen molar-refractivity contribution < 1.29 is 19.1 Å². The molecule has 0 aromatic rings. The van der Waals surface area contributed by atoms with E-state index in [1.54, 1.807) is 4.90 Å². The van der Waals surface area contributed by atoms with E-state index in [0.29, 0.717) is 38.4 Å². The molecule has 1 aliphatic rings. The Morgan fingerprint density at radius 1 is 1.25 bits per heavy atom. The second-order valence-corrected chi connectivity index (χ2v) is 5.39.